The van der Waals surface area contributed by atoms with Gasteiger partial charge < -0.3 is 5.73 Å². The molecule has 0 aliphatic carbocycles. The smallest absolute Gasteiger partial charge is 0.108 e. The number of nitrogens with two attached hydrogens (primary N) is 1. The van der Waals surface area contributed by atoms with Crippen molar-refractivity contribution < 1.29 is 0 Å². The first kappa shape index (κ1) is 27.0. The highest BCUT2D eigenvalue weighted by Crippen LogP contribution is 2.20. The van der Waals surface area contributed by atoms with Gasteiger partial charge in [-0.05, 0) is 73.1 Å². The Kier molecular flexibility index (Phi) is 14.4. The van der Waals surface area contributed by atoms with Crippen LogP contribution in [0.2, 0.25) is 0 Å². The number of H-pyrrole nitrogens is 1. The summed E-state index contributed by atoms with van der Waals surface area (Å²) in [5.74, 6) is 1.81. The van der Waals surface area contributed by atoms with Crippen molar-refractivity contribution in [2.75, 3.05) is 11.5 Å². The molecule has 1 unspecified atom stereocenters. The van der Waals surface area contributed by atoms with Crippen LogP contribution in [-0.2, 0) is 0 Å². The molecule has 5 nitrogen and oxygen atoms in total. The average Bonchev–Trinajstić information content (AvgIpc) is 3.24. The minimum Gasteiger partial charge on any atom is -0.390 e. The molecule has 0 aliphatic rings. The normalized spacial score (nSPS) is 14.3. The summed E-state index contributed by atoms with van der Waals surface area (Å²) in [6.45, 7) is 11.0. The molecule has 172 valence electrons. The highest BCUT2D eigenvalue weighted by atomic mass is 32.2. The Bertz CT molecular complexity index is 753. The largest absolute Gasteiger partial charge is 0.390 e. The monoisotopic (exact) mass is 443 g/mol. The highest BCUT2D eigenvalue weighted by Gasteiger charge is 2.11. The maximum Gasteiger partial charge on any atom is 0.108 e. The summed E-state index contributed by atoms with van der Waals surface area (Å²) in [6, 6.07) is -0.0436. The molecule has 6 heteroatoms. The molecule has 0 bridgehead atoms. The fourth-order valence-corrected chi connectivity index (χ4v) is 4.07. The van der Waals surface area contributed by atoms with E-state index in [4.69, 9.17) is 5.73 Å². The van der Waals surface area contributed by atoms with Gasteiger partial charge in [-0.15, -0.1) is 0 Å². The first-order valence-electron chi connectivity index (χ1n) is 11.2. The number of allylic oxidation sites excluding steroid dienone is 7. The van der Waals surface area contributed by atoms with E-state index in [0.717, 1.165) is 49.3 Å². The maximum absolute atomic E-state index is 5.46. The zero-order chi connectivity index (χ0) is 22.9. The third-order valence-electron chi connectivity index (χ3n) is 5.02. The third-order valence-corrected chi connectivity index (χ3v) is 5.97. The number of rotatable bonds is 15. The van der Waals surface area contributed by atoms with E-state index in [2.05, 4.69) is 79.3 Å². The van der Waals surface area contributed by atoms with E-state index >= 15 is 0 Å². The minimum atomic E-state index is -0.0436. The topological polar surface area (TPSA) is 80.0 Å². The molecule has 1 aromatic rings. The molecule has 0 amide bonds. The van der Waals surface area contributed by atoms with Crippen molar-refractivity contribution in [1.82, 2.24) is 15.4 Å². The first-order valence-corrected chi connectivity index (χ1v) is 12.3. The summed E-state index contributed by atoms with van der Waals surface area (Å²) in [6.07, 6.45) is 19.3. The van der Waals surface area contributed by atoms with Crippen LogP contribution in [0, 0.1) is 0 Å². The Morgan fingerprint density at radius 2 is 1.55 bits per heavy atom. The van der Waals surface area contributed by atoms with Crippen molar-refractivity contribution >= 4 is 18.1 Å². The Morgan fingerprint density at radius 1 is 0.968 bits per heavy atom. The van der Waals surface area contributed by atoms with Gasteiger partial charge in [0.15, 0.2) is 0 Å². The summed E-state index contributed by atoms with van der Waals surface area (Å²) in [7, 11) is 0. The van der Waals surface area contributed by atoms with Crippen molar-refractivity contribution in [1.29, 1.82) is 0 Å². The lowest BCUT2D eigenvalue weighted by Crippen LogP contribution is -2.03. The molecule has 1 heterocycles. The fourth-order valence-electron chi connectivity index (χ4n) is 3.05. The molecule has 0 saturated carbocycles. The van der Waals surface area contributed by atoms with Crippen molar-refractivity contribution in [3.05, 3.63) is 58.5 Å². The van der Waals surface area contributed by atoms with Crippen LogP contribution in [0.4, 0.5) is 0 Å². The number of hydrogen-bond donors (Lipinski definition) is 2. The Morgan fingerprint density at radius 3 is 2.06 bits per heavy atom. The number of nitrogens with zero attached hydrogens (tertiary/aromatic N) is 3. The SMILES string of the molecule is CC(C)=CCCC(C)=CCCC(C)=CCCC(C)=CCSCC(N=CN)c1cn[nH]n1. The predicted molar refractivity (Wildman–Crippen MR) is 138 cm³/mol. The summed E-state index contributed by atoms with van der Waals surface area (Å²) in [5, 5.41) is 10.6. The van der Waals surface area contributed by atoms with E-state index in [1.54, 1.807) is 6.20 Å². The lowest BCUT2D eigenvalue weighted by molar-refractivity contribution is 0.784. The maximum atomic E-state index is 5.46. The molecule has 0 fully saturated rings. The second-order valence-electron chi connectivity index (χ2n) is 8.30. The summed E-state index contributed by atoms with van der Waals surface area (Å²) in [5.41, 5.74) is 12.1. The van der Waals surface area contributed by atoms with Crippen LogP contribution < -0.4 is 5.73 Å². The van der Waals surface area contributed by atoms with E-state index in [9.17, 15) is 0 Å². The predicted octanol–water partition coefficient (Wildman–Crippen LogP) is 6.71. The van der Waals surface area contributed by atoms with Crippen LogP contribution >= 0.6 is 11.8 Å². The van der Waals surface area contributed by atoms with E-state index in [0.29, 0.717) is 0 Å². The van der Waals surface area contributed by atoms with Gasteiger partial charge in [-0.25, -0.2) is 0 Å². The van der Waals surface area contributed by atoms with Gasteiger partial charge in [0.05, 0.1) is 12.5 Å². The van der Waals surface area contributed by atoms with Crippen LogP contribution in [0.5, 0.6) is 0 Å². The van der Waals surface area contributed by atoms with Crippen molar-refractivity contribution in [3.63, 3.8) is 0 Å². The summed E-state index contributed by atoms with van der Waals surface area (Å²) in [4.78, 5) is 4.28. The number of hydrogen-bond acceptors (Lipinski definition) is 4. The van der Waals surface area contributed by atoms with Gasteiger partial charge >= 0.3 is 0 Å². The molecule has 0 radical (unpaired) electrons. The number of aromatic nitrogens is 3. The third kappa shape index (κ3) is 13.8. The lowest BCUT2D eigenvalue weighted by Gasteiger charge is -2.07. The van der Waals surface area contributed by atoms with Gasteiger partial charge in [-0.3, -0.25) is 4.99 Å². The molecular formula is C25H41N5S. The van der Waals surface area contributed by atoms with Crippen molar-refractivity contribution in [3.8, 4) is 0 Å². The lowest BCUT2D eigenvalue weighted by atomic mass is 10.0. The van der Waals surface area contributed by atoms with Crippen molar-refractivity contribution in [2.45, 2.75) is 79.2 Å². The van der Waals surface area contributed by atoms with E-state index < -0.39 is 0 Å². The van der Waals surface area contributed by atoms with Gasteiger partial charge in [0, 0.05) is 11.5 Å². The quantitative estimate of drug-likeness (QED) is 0.137. The summed E-state index contributed by atoms with van der Waals surface area (Å²) < 4.78 is 0. The molecule has 3 N–H and O–H groups in total. The van der Waals surface area contributed by atoms with Gasteiger partial charge in [0.2, 0.25) is 0 Å². The second-order valence-corrected chi connectivity index (χ2v) is 9.37. The molecule has 1 atom stereocenters. The van der Waals surface area contributed by atoms with Gasteiger partial charge in [0.1, 0.15) is 11.7 Å². The average molecular weight is 444 g/mol. The van der Waals surface area contributed by atoms with Gasteiger partial charge in [-0.2, -0.15) is 27.2 Å². The van der Waals surface area contributed by atoms with E-state index in [-0.39, 0.29) is 6.04 Å². The molecule has 0 aromatic carbocycles. The fraction of sp³-hybridized carbons (Fsp3) is 0.560. The highest BCUT2D eigenvalue weighted by molar-refractivity contribution is 7.99. The standard InChI is InChI=1S/C25H41N5S/c1-20(2)9-6-10-21(3)11-7-12-22(4)13-8-14-23(5)15-16-31-18-25(27-19-26)24-17-28-30-29-24/h9,11,13,15,17,19,25H,6-8,10,12,14,16,18H2,1-5H3,(H2,26,27)(H,28,29,30). The Hall–Kier alpha value is -2.08. The van der Waals surface area contributed by atoms with E-state index in [1.165, 1.54) is 35.1 Å². The zero-order valence-electron chi connectivity index (χ0n) is 20.0. The minimum absolute atomic E-state index is 0.0436. The molecule has 0 aliphatic heterocycles. The Balaban J connectivity index is 2.25. The molecule has 1 aromatic heterocycles. The second kappa shape index (κ2) is 16.6. The first-order chi connectivity index (χ1) is 14.9. The molecule has 0 spiro atoms. The van der Waals surface area contributed by atoms with Gasteiger partial charge in [0.25, 0.3) is 0 Å². The number of nitrogens with one attached hydrogen (secondary N) is 1. The van der Waals surface area contributed by atoms with Crippen LogP contribution in [0.25, 0.3) is 0 Å². The van der Waals surface area contributed by atoms with Crippen LogP contribution in [0.3, 0.4) is 0 Å². The number of thioether (sulfide) groups is 1. The molecule has 31 heavy (non-hydrogen) atoms. The molecular weight excluding hydrogens is 402 g/mol. The van der Waals surface area contributed by atoms with Crippen LogP contribution in [0.15, 0.2) is 57.8 Å². The zero-order valence-corrected chi connectivity index (χ0v) is 20.8. The van der Waals surface area contributed by atoms with Crippen LogP contribution in [0.1, 0.15) is 84.9 Å². The van der Waals surface area contributed by atoms with Crippen LogP contribution in [-0.4, -0.2) is 33.3 Å². The molecule has 0 saturated heterocycles. The summed E-state index contributed by atoms with van der Waals surface area (Å²) >= 11 is 1.84. The van der Waals surface area contributed by atoms with Crippen molar-refractivity contribution in [2.24, 2.45) is 10.7 Å². The number of aromatic amines is 1. The van der Waals surface area contributed by atoms with Gasteiger partial charge in [-0.1, -0.05) is 46.6 Å². The van der Waals surface area contributed by atoms with E-state index in [1.807, 2.05) is 11.8 Å². The molecule has 1 rings (SSSR count). The number of aliphatic imine (C=N–C) groups is 1. The Labute approximate surface area is 193 Å².